The highest BCUT2D eigenvalue weighted by Gasteiger charge is 2.22. The second kappa shape index (κ2) is 8.69. The number of para-hydroxylation sites is 1. The summed E-state index contributed by atoms with van der Waals surface area (Å²) >= 11 is 0. The standard InChI is InChI=1S/C22H26N4O2/c1-4-13-23-22(28)20-24-19(17-12-7-8-14-26(17)20)21(27)25-18-15(5-2)10-9-11-16(18)6-3/h7-12,14H,4-6,13H2,1-3H3,(H,23,28)(H,25,27). The number of aromatic nitrogens is 2. The number of rotatable bonds is 7. The maximum absolute atomic E-state index is 13.1. The summed E-state index contributed by atoms with van der Waals surface area (Å²) in [4.78, 5) is 30.0. The van der Waals surface area contributed by atoms with E-state index in [1.165, 1.54) is 0 Å². The maximum atomic E-state index is 13.1. The van der Waals surface area contributed by atoms with Gasteiger partial charge in [-0.25, -0.2) is 4.98 Å². The molecule has 6 nitrogen and oxygen atoms in total. The number of amides is 2. The number of hydrogen-bond donors (Lipinski definition) is 2. The van der Waals surface area contributed by atoms with Crippen molar-refractivity contribution in [2.75, 3.05) is 11.9 Å². The largest absolute Gasteiger partial charge is 0.349 e. The average molecular weight is 378 g/mol. The lowest BCUT2D eigenvalue weighted by Crippen LogP contribution is -2.26. The highest BCUT2D eigenvalue weighted by molar-refractivity contribution is 6.09. The van der Waals surface area contributed by atoms with Gasteiger partial charge in [-0.15, -0.1) is 0 Å². The predicted octanol–water partition coefficient (Wildman–Crippen LogP) is 3.85. The molecule has 0 radical (unpaired) electrons. The molecule has 1 aromatic carbocycles. The van der Waals surface area contributed by atoms with Crippen molar-refractivity contribution in [2.45, 2.75) is 40.0 Å². The van der Waals surface area contributed by atoms with Crippen molar-refractivity contribution in [3.8, 4) is 0 Å². The number of nitrogens with zero attached hydrogens (tertiary/aromatic N) is 2. The predicted molar refractivity (Wildman–Crippen MR) is 111 cm³/mol. The van der Waals surface area contributed by atoms with Crippen LogP contribution >= 0.6 is 0 Å². The summed E-state index contributed by atoms with van der Waals surface area (Å²) < 4.78 is 1.66. The molecule has 146 valence electrons. The minimum absolute atomic E-state index is 0.216. The van der Waals surface area contributed by atoms with Crippen LogP contribution in [-0.4, -0.2) is 27.7 Å². The number of hydrogen-bond acceptors (Lipinski definition) is 3. The zero-order valence-corrected chi connectivity index (χ0v) is 16.6. The van der Waals surface area contributed by atoms with Gasteiger partial charge in [0.25, 0.3) is 11.8 Å². The fourth-order valence-corrected chi connectivity index (χ4v) is 3.26. The van der Waals surface area contributed by atoms with Crippen LogP contribution in [0.2, 0.25) is 0 Å². The van der Waals surface area contributed by atoms with E-state index in [9.17, 15) is 9.59 Å². The Labute approximate surface area is 165 Å². The fourth-order valence-electron chi connectivity index (χ4n) is 3.26. The first-order valence-electron chi connectivity index (χ1n) is 9.78. The number of nitrogens with one attached hydrogen (secondary N) is 2. The summed E-state index contributed by atoms with van der Waals surface area (Å²) in [5, 5.41) is 5.86. The fraction of sp³-hybridized carbons (Fsp3) is 0.318. The van der Waals surface area contributed by atoms with Gasteiger partial charge in [-0.3, -0.25) is 14.0 Å². The van der Waals surface area contributed by atoms with E-state index in [0.29, 0.717) is 12.1 Å². The van der Waals surface area contributed by atoms with Gasteiger partial charge < -0.3 is 10.6 Å². The molecular formula is C22H26N4O2. The molecule has 2 aromatic heterocycles. The number of carbonyl (C=O) groups excluding carboxylic acids is 2. The Morgan fingerprint density at radius 2 is 1.68 bits per heavy atom. The molecule has 0 unspecified atom stereocenters. The van der Waals surface area contributed by atoms with Crippen molar-refractivity contribution in [3.63, 3.8) is 0 Å². The topological polar surface area (TPSA) is 75.5 Å². The van der Waals surface area contributed by atoms with Gasteiger partial charge in [-0.05, 0) is 42.5 Å². The quantitative estimate of drug-likeness (QED) is 0.656. The van der Waals surface area contributed by atoms with Gasteiger partial charge in [-0.2, -0.15) is 0 Å². The molecule has 0 aliphatic heterocycles. The van der Waals surface area contributed by atoms with Crippen LogP contribution in [-0.2, 0) is 12.8 Å². The number of carbonyl (C=O) groups is 2. The molecule has 2 heterocycles. The van der Waals surface area contributed by atoms with Crippen LogP contribution in [0.5, 0.6) is 0 Å². The van der Waals surface area contributed by atoms with E-state index < -0.39 is 0 Å². The Bertz CT molecular complexity index is 985. The SMILES string of the molecule is CCCNC(=O)c1nc(C(=O)Nc2c(CC)cccc2CC)c2ccccn12. The number of fused-ring (bicyclic) bond motifs is 1. The van der Waals surface area contributed by atoms with Crippen molar-refractivity contribution in [2.24, 2.45) is 0 Å². The zero-order chi connectivity index (χ0) is 20.1. The zero-order valence-electron chi connectivity index (χ0n) is 16.6. The highest BCUT2D eigenvalue weighted by atomic mass is 16.2. The van der Waals surface area contributed by atoms with Gasteiger partial charge in [0.05, 0.1) is 5.52 Å². The van der Waals surface area contributed by atoms with E-state index in [4.69, 9.17) is 0 Å². The molecule has 28 heavy (non-hydrogen) atoms. The second-order valence-corrected chi connectivity index (χ2v) is 6.61. The van der Waals surface area contributed by atoms with Crippen LogP contribution in [0.1, 0.15) is 59.4 Å². The number of pyridine rings is 1. The van der Waals surface area contributed by atoms with Gasteiger partial charge in [0.1, 0.15) is 0 Å². The van der Waals surface area contributed by atoms with Crippen LogP contribution in [0.4, 0.5) is 5.69 Å². The summed E-state index contributed by atoms with van der Waals surface area (Å²) in [6, 6.07) is 11.5. The molecule has 0 spiro atoms. The third kappa shape index (κ3) is 3.76. The van der Waals surface area contributed by atoms with E-state index in [2.05, 4.69) is 29.5 Å². The minimum Gasteiger partial charge on any atom is -0.349 e. The van der Waals surface area contributed by atoms with Crippen molar-refractivity contribution in [3.05, 3.63) is 65.2 Å². The molecular weight excluding hydrogens is 352 g/mol. The molecule has 0 bridgehead atoms. The Hall–Kier alpha value is -3.15. The lowest BCUT2D eigenvalue weighted by Gasteiger charge is -2.13. The molecule has 0 aliphatic carbocycles. The van der Waals surface area contributed by atoms with E-state index in [1.807, 2.05) is 37.3 Å². The number of anilines is 1. The van der Waals surface area contributed by atoms with Gasteiger partial charge >= 0.3 is 0 Å². The first-order chi connectivity index (χ1) is 13.6. The maximum Gasteiger partial charge on any atom is 0.287 e. The van der Waals surface area contributed by atoms with Crippen molar-refractivity contribution < 1.29 is 9.59 Å². The molecule has 0 atom stereocenters. The van der Waals surface area contributed by atoms with Gasteiger partial charge in [-0.1, -0.05) is 45.0 Å². The number of imidazole rings is 1. The Morgan fingerprint density at radius 1 is 0.964 bits per heavy atom. The smallest absolute Gasteiger partial charge is 0.287 e. The Balaban J connectivity index is 2.01. The highest BCUT2D eigenvalue weighted by Crippen LogP contribution is 2.24. The van der Waals surface area contributed by atoms with Crippen LogP contribution in [0, 0.1) is 0 Å². The van der Waals surface area contributed by atoms with Gasteiger partial charge in [0.15, 0.2) is 5.69 Å². The van der Waals surface area contributed by atoms with Crippen LogP contribution in [0.25, 0.3) is 5.52 Å². The summed E-state index contributed by atoms with van der Waals surface area (Å²) in [5.41, 5.74) is 3.85. The van der Waals surface area contributed by atoms with Gasteiger partial charge in [0, 0.05) is 18.4 Å². The molecule has 0 saturated heterocycles. The first kappa shape index (κ1) is 19.6. The van der Waals surface area contributed by atoms with Crippen LogP contribution in [0.15, 0.2) is 42.6 Å². The van der Waals surface area contributed by atoms with Crippen LogP contribution < -0.4 is 10.6 Å². The van der Waals surface area contributed by atoms with Crippen molar-refractivity contribution >= 4 is 23.0 Å². The molecule has 2 N–H and O–H groups in total. The minimum atomic E-state index is -0.311. The molecule has 0 fully saturated rings. The monoisotopic (exact) mass is 378 g/mol. The normalized spacial score (nSPS) is 10.8. The van der Waals surface area contributed by atoms with Crippen molar-refractivity contribution in [1.29, 1.82) is 0 Å². The average Bonchev–Trinajstić information content (AvgIpc) is 3.12. The van der Waals surface area contributed by atoms with Gasteiger partial charge in [0.2, 0.25) is 5.82 Å². The summed E-state index contributed by atoms with van der Waals surface area (Å²) in [5.74, 6) is -0.382. The van der Waals surface area contributed by atoms with E-state index in [-0.39, 0.29) is 23.3 Å². The van der Waals surface area contributed by atoms with Crippen molar-refractivity contribution in [1.82, 2.24) is 14.7 Å². The lowest BCUT2D eigenvalue weighted by molar-refractivity contribution is 0.0942. The van der Waals surface area contributed by atoms with E-state index in [0.717, 1.165) is 36.1 Å². The second-order valence-electron chi connectivity index (χ2n) is 6.61. The molecule has 0 saturated carbocycles. The lowest BCUT2D eigenvalue weighted by atomic mass is 10.0. The summed E-state index contributed by atoms with van der Waals surface area (Å²) in [6.45, 7) is 6.67. The van der Waals surface area contributed by atoms with E-state index in [1.54, 1.807) is 16.7 Å². The summed E-state index contributed by atoms with van der Waals surface area (Å²) in [7, 11) is 0. The Morgan fingerprint density at radius 3 is 2.32 bits per heavy atom. The Kier molecular flexibility index (Phi) is 6.09. The third-order valence-corrected chi connectivity index (χ3v) is 4.74. The summed E-state index contributed by atoms with van der Waals surface area (Å²) in [6.07, 6.45) is 4.21. The molecule has 3 aromatic rings. The third-order valence-electron chi connectivity index (χ3n) is 4.74. The first-order valence-corrected chi connectivity index (χ1v) is 9.78. The van der Waals surface area contributed by atoms with E-state index >= 15 is 0 Å². The molecule has 2 amide bonds. The number of aryl methyl sites for hydroxylation is 2. The molecule has 0 aliphatic rings. The number of benzene rings is 1. The molecule has 6 heteroatoms. The van der Waals surface area contributed by atoms with Crippen LogP contribution in [0.3, 0.4) is 0 Å². The molecule has 3 rings (SSSR count).